The molecule has 0 bridgehead atoms. The molecule has 2 N–H and O–H groups in total. The number of aliphatic hydroxyl groups excluding tert-OH is 1. The molecule has 1 atom stereocenters. The van der Waals surface area contributed by atoms with Gasteiger partial charge in [0.25, 0.3) is 0 Å². The number of aromatic amines is 1. The highest BCUT2D eigenvalue weighted by atomic mass is 19.1. The molecule has 8 heteroatoms. The second kappa shape index (κ2) is 11.9. The number of H-pyrrole nitrogens is 1. The van der Waals surface area contributed by atoms with Crippen molar-refractivity contribution in [2.75, 3.05) is 46.1 Å². The van der Waals surface area contributed by atoms with Gasteiger partial charge in [-0.25, -0.2) is 8.78 Å². The Morgan fingerprint density at radius 2 is 1.83 bits per heavy atom. The first-order valence-corrected chi connectivity index (χ1v) is 12.3. The highest BCUT2D eigenvalue weighted by molar-refractivity contribution is 5.84. The topological polar surface area (TPSA) is 51.7 Å². The number of hydrogen-bond donors (Lipinski definition) is 2. The van der Waals surface area contributed by atoms with Crippen LogP contribution in [0.25, 0.3) is 10.9 Å². The van der Waals surface area contributed by atoms with Gasteiger partial charge in [-0.3, -0.25) is 14.2 Å². The minimum Gasteiger partial charge on any atom is -0.492 e. The molecule has 1 fully saturated rings. The monoisotopic (exact) mass is 489 g/mol. The van der Waals surface area contributed by atoms with Crippen LogP contribution < -0.4 is 4.74 Å². The first kappa shape index (κ1) is 25.5. The molecule has 5 nitrogen and oxygen atoms in total. The number of aliphatic hydroxyl groups is 1. The third kappa shape index (κ3) is 6.57. The summed E-state index contributed by atoms with van der Waals surface area (Å²) in [7, 11) is 0. The van der Waals surface area contributed by atoms with Crippen LogP contribution in [0.15, 0.2) is 42.5 Å². The molecule has 3 heterocycles. The van der Waals surface area contributed by atoms with E-state index in [1.54, 1.807) is 0 Å². The summed E-state index contributed by atoms with van der Waals surface area (Å²) in [5, 5.41) is 10.3. The number of fused-ring (bicyclic) bond motifs is 3. The number of rotatable bonds is 8. The fourth-order valence-electron chi connectivity index (χ4n) is 4.84. The summed E-state index contributed by atoms with van der Waals surface area (Å²) in [4.78, 5) is 8.03. The molecule has 35 heavy (non-hydrogen) atoms. The summed E-state index contributed by atoms with van der Waals surface area (Å²) in [5.41, 5.74) is 4.09. The third-order valence-corrected chi connectivity index (χ3v) is 6.75. The van der Waals surface area contributed by atoms with Crippen LogP contribution in [0, 0.1) is 17.6 Å². The number of hydrogen-bond acceptors (Lipinski definition) is 4. The van der Waals surface area contributed by atoms with Crippen LogP contribution in [0.5, 0.6) is 5.75 Å². The van der Waals surface area contributed by atoms with E-state index in [2.05, 4.69) is 41.1 Å². The molecule has 0 aliphatic carbocycles. The second-order valence-electron chi connectivity index (χ2n) is 9.46. The minimum atomic E-state index is -0.651. The summed E-state index contributed by atoms with van der Waals surface area (Å²) < 4.78 is 43.0. The summed E-state index contributed by atoms with van der Waals surface area (Å²) in [5.74, 6) is -0.977. The number of ether oxygens (including phenoxy) is 1. The maximum Gasteiger partial charge on any atom is 0.129 e. The van der Waals surface area contributed by atoms with Crippen LogP contribution in [0.4, 0.5) is 13.2 Å². The van der Waals surface area contributed by atoms with Crippen LogP contribution in [0.3, 0.4) is 0 Å². The van der Waals surface area contributed by atoms with Crippen molar-refractivity contribution in [3.8, 4) is 5.75 Å². The molecule has 0 spiro atoms. The Morgan fingerprint density at radius 3 is 2.54 bits per heavy atom. The van der Waals surface area contributed by atoms with Gasteiger partial charge in [-0.2, -0.15) is 0 Å². The quantitative estimate of drug-likeness (QED) is 0.488. The van der Waals surface area contributed by atoms with E-state index in [1.165, 1.54) is 22.2 Å². The van der Waals surface area contributed by atoms with Crippen molar-refractivity contribution in [3.05, 3.63) is 65.4 Å². The molecular formula is C27H34F3N3O2. The van der Waals surface area contributed by atoms with Crippen molar-refractivity contribution in [2.45, 2.75) is 32.4 Å². The fraction of sp³-hybridized carbons (Fsp3) is 0.481. The predicted octanol–water partition coefficient (Wildman–Crippen LogP) is 4.54. The smallest absolute Gasteiger partial charge is 0.129 e. The van der Waals surface area contributed by atoms with Gasteiger partial charge >= 0.3 is 0 Å². The number of likely N-dealkylation sites (tertiary alicyclic amines) is 1. The highest BCUT2D eigenvalue weighted by Gasteiger charge is 2.26. The SMILES string of the molecule is CC1Cc2c([nH]c3ccccc23)CN1CCCO.FCC1CN(CCOc2cc(F)cc(F)c2)C1. The number of aromatic nitrogens is 1. The maximum absolute atomic E-state index is 12.8. The van der Waals surface area contributed by atoms with E-state index in [-0.39, 0.29) is 24.9 Å². The summed E-state index contributed by atoms with van der Waals surface area (Å²) in [6.07, 6.45) is 1.96. The van der Waals surface area contributed by atoms with Crippen LogP contribution in [0.1, 0.15) is 24.6 Å². The Kier molecular flexibility index (Phi) is 8.70. The van der Waals surface area contributed by atoms with Gasteiger partial charge in [0, 0.05) is 86.1 Å². The number of para-hydroxylation sites is 1. The van der Waals surface area contributed by atoms with Gasteiger partial charge in [0.15, 0.2) is 0 Å². The van der Waals surface area contributed by atoms with Crippen LogP contribution in [-0.2, 0) is 13.0 Å². The molecule has 2 aliphatic rings. The molecule has 0 saturated carbocycles. The van der Waals surface area contributed by atoms with Gasteiger partial charge in [-0.15, -0.1) is 0 Å². The number of nitrogens with zero attached hydrogens (tertiary/aromatic N) is 2. The Balaban J connectivity index is 0.000000165. The van der Waals surface area contributed by atoms with Crippen molar-refractivity contribution in [2.24, 2.45) is 5.92 Å². The lowest BCUT2D eigenvalue weighted by molar-refractivity contribution is 0.0667. The van der Waals surface area contributed by atoms with Gasteiger partial charge in [-0.1, -0.05) is 18.2 Å². The van der Waals surface area contributed by atoms with Gasteiger partial charge in [0.2, 0.25) is 0 Å². The molecule has 1 unspecified atom stereocenters. The molecule has 190 valence electrons. The van der Waals surface area contributed by atoms with E-state index in [4.69, 9.17) is 9.84 Å². The molecule has 0 amide bonds. The fourth-order valence-corrected chi connectivity index (χ4v) is 4.84. The Labute approximate surface area is 204 Å². The average Bonchev–Trinajstić information content (AvgIpc) is 3.16. The summed E-state index contributed by atoms with van der Waals surface area (Å²) >= 11 is 0. The van der Waals surface area contributed by atoms with Gasteiger partial charge in [-0.05, 0) is 31.4 Å². The normalized spacial score (nSPS) is 18.6. The molecule has 3 aromatic rings. The number of alkyl halides is 1. The second-order valence-corrected chi connectivity index (χ2v) is 9.46. The van der Waals surface area contributed by atoms with Crippen molar-refractivity contribution in [1.29, 1.82) is 0 Å². The lowest BCUT2D eigenvalue weighted by Gasteiger charge is -2.37. The number of halogens is 3. The van der Waals surface area contributed by atoms with E-state index >= 15 is 0 Å². The summed E-state index contributed by atoms with van der Waals surface area (Å²) in [6, 6.07) is 12.2. The zero-order chi connectivity index (χ0) is 24.8. The van der Waals surface area contributed by atoms with Crippen molar-refractivity contribution >= 4 is 10.9 Å². The molecule has 2 aliphatic heterocycles. The molecule has 0 radical (unpaired) electrons. The zero-order valence-corrected chi connectivity index (χ0v) is 20.2. The van der Waals surface area contributed by atoms with Gasteiger partial charge < -0.3 is 14.8 Å². The standard InChI is InChI=1S/C15H20N2O.C12H14F3NO/c1-11-9-13-12-5-2-3-6-14(12)16-15(13)10-17(11)7-4-8-18;13-6-9-7-16(8-9)1-2-17-12-4-10(14)3-11(15)5-12/h2-3,5-6,11,16,18H,4,7-10H2,1H3;3-5,9H,1-2,6-8H2. The maximum atomic E-state index is 12.8. The van der Waals surface area contributed by atoms with Crippen molar-refractivity contribution < 1.29 is 23.0 Å². The minimum absolute atomic E-state index is 0.140. The Morgan fingerprint density at radius 1 is 1.09 bits per heavy atom. The molecule has 2 aromatic carbocycles. The van der Waals surface area contributed by atoms with E-state index in [0.717, 1.165) is 57.2 Å². The van der Waals surface area contributed by atoms with Crippen LogP contribution >= 0.6 is 0 Å². The predicted molar refractivity (Wildman–Crippen MR) is 131 cm³/mol. The Hall–Kier alpha value is -2.55. The number of nitrogens with one attached hydrogen (secondary N) is 1. The third-order valence-electron chi connectivity index (χ3n) is 6.75. The molecule has 5 rings (SSSR count). The Bertz CT molecular complexity index is 1080. The molecule has 1 saturated heterocycles. The average molecular weight is 490 g/mol. The van der Waals surface area contributed by atoms with Gasteiger partial charge in [0.1, 0.15) is 24.0 Å². The van der Waals surface area contributed by atoms with E-state index in [9.17, 15) is 13.2 Å². The van der Waals surface area contributed by atoms with Crippen molar-refractivity contribution in [3.63, 3.8) is 0 Å². The lowest BCUT2D eigenvalue weighted by atomic mass is 9.97. The van der Waals surface area contributed by atoms with Crippen molar-refractivity contribution in [1.82, 2.24) is 14.8 Å². The molecule has 1 aromatic heterocycles. The molecular weight excluding hydrogens is 455 g/mol. The largest absolute Gasteiger partial charge is 0.492 e. The van der Waals surface area contributed by atoms with E-state index in [1.807, 2.05) is 4.90 Å². The van der Waals surface area contributed by atoms with E-state index < -0.39 is 11.6 Å². The van der Waals surface area contributed by atoms with Gasteiger partial charge in [0.05, 0.1) is 6.67 Å². The lowest BCUT2D eigenvalue weighted by Crippen LogP contribution is -2.49. The van der Waals surface area contributed by atoms with E-state index in [0.29, 0.717) is 19.2 Å². The first-order valence-electron chi connectivity index (χ1n) is 12.3. The highest BCUT2D eigenvalue weighted by Crippen LogP contribution is 2.30. The zero-order valence-electron chi connectivity index (χ0n) is 20.2. The first-order chi connectivity index (χ1) is 17.0. The van der Waals surface area contributed by atoms with Crippen LogP contribution in [0.2, 0.25) is 0 Å². The number of benzene rings is 2. The van der Waals surface area contributed by atoms with Crippen LogP contribution in [-0.4, -0.2) is 72.0 Å². The summed E-state index contributed by atoms with van der Waals surface area (Å²) in [6.45, 7) is 6.69.